The van der Waals surface area contributed by atoms with Crippen LogP contribution in [0.4, 0.5) is 4.79 Å². The molecule has 3 aliphatic rings. The first kappa shape index (κ1) is 24.6. The maximum absolute atomic E-state index is 13.8. The number of carbonyl (C=O) groups is 2. The van der Waals surface area contributed by atoms with E-state index in [4.69, 9.17) is 9.47 Å². The van der Waals surface area contributed by atoms with Gasteiger partial charge < -0.3 is 14.8 Å². The largest absolute Gasteiger partial charge is 0.464 e. The van der Waals surface area contributed by atoms with Gasteiger partial charge in [-0.15, -0.1) is 12.4 Å². The Morgan fingerprint density at radius 1 is 0.971 bits per heavy atom. The molecule has 0 spiro atoms. The van der Waals surface area contributed by atoms with Crippen molar-refractivity contribution in [1.29, 1.82) is 0 Å². The number of halogens is 1. The van der Waals surface area contributed by atoms with Crippen LogP contribution in [0.1, 0.15) is 55.7 Å². The summed E-state index contributed by atoms with van der Waals surface area (Å²) in [6, 6.07) is 15.9. The van der Waals surface area contributed by atoms with E-state index in [2.05, 4.69) is 29.6 Å². The summed E-state index contributed by atoms with van der Waals surface area (Å²) in [7, 11) is 1.39. The van der Waals surface area contributed by atoms with Crippen LogP contribution in [0, 0.1) is 5.92 Å². The number of methoxy groups -OCH3 is 1. The number of nitrogens with zero attached hydrogens (tertiary/aromatic N) is 1. The third-order valence-electron chi connectivity index (χ3n) is 7.63. The Kier molecular flexibility index (Phi) is 7.48. The van der Waals surface area contributed by atoms with Crippen LogP contribution in [0.25, 0.3) is 11.1 Å². The summed E-state index contributed by atoms with van der Waals surface area (Å²) in [5.41, 5.74) is 3.15. The highest BCUT2D eigenvalue weighted by molar-refractivity contribution is 5.89. The van der Waals surface area contributed by atoms with Crippen LogP contribution in [0.2, 0.25) is 0 Å². The fourth-order valence-corrected chi connectivity index (χ4v) is 5.92. The van der Waals surface area contributed by atoms with Crippen molar-refractivity contribution in [2.45, 2.75) is 50.1 Å². The normalized spacial score (nSPS) is 19.0. The van der Waals surface area contributed by atoms with Crippen molar-refractivity contribution in [2.75, 3.05) is 26.8 Å². The zero-order valence-corrected chi connectivity index (χ0v) is 20.4. The monoisotopic (exact) mass is 484 g/mol. The molecule has 0 unspecified atom stereocenters. The van der Waals surface area contributed by atoms with Crippen LogP contribution in [0.3, 0.4) is 0 Å². The summed E-state index contributed by atoms with van der Waals surface area (Å²) in [5, 5.41) is 3.35. The molecule has 2 aromatic carbocycles. The van der Waals surface area contributed by atoms with Crippen LogP contribution < -0.4 is 5.32 Å². The Labute approximate surface area is 207 Å². The van der Waals surface area contributed by atoms with Gasteiger partial charge in [0.05, 0.1) is 19.8 Å². The van der Waals surface area contributed by atoms with Crippen molar-refractivity contribution in [3.8, 4) is 11.1 Å². The van der Waals surface area contributed by atoms with Crippen molar-refractivity contribution in [3.63, 3.8) is 0 Å². The third kappa shape index (κ3) is 4.18. The van der Waals surface area contributed by atoms with Crippen LogP contribution in [-0.2, 0) is 14.3 Å². The number of hydrogen-bond donors (Lipinski definition) is 1. The number of fused-ring (bicyclic) bond motifs is 3. The first-order valence-electron chi connectivity index (χ1n) is 12.1. The molecule has 2 aliphatic carbocycles. The number of rotatable bonds is 5. The predicted octanol–water partition coefficient (Wildman–Crippen LogP) is 5.10. The molecule has 1 saturated carbocycles. The SMILES string of the molecule is COC(=O)N(C1c2ccccc2-c2ccccc21)C1(C(=O)OCC2CCCC2)CCNCC1.Cl. The summed E-state index contributed by atoms with van der Waals surface area (Å²) in [6.45, 7) is 1.71. The number of esters is 1. The molecule has 1 aliphatic heterocycles. The van der Waals surface area contributed by atoms with Crippen LogP contribution in [0.5, 0.6) is 0 Å². The Hall–Kier alpha value is -2.57. The maximum atomic E-state index is 13.8. The molecule has 0 atom stereocenters. The third-order valence-corrected chi connectivity index (χ3v) is 7.63. The summed E-state index contributed by atoms with van der Waals surface area (Å²) in [5.74, 6) is 0.121. The average Bonchev–Trinajstić information content (AvgIpc) is 3.50. The van der Waals surface area contributed by atoms with E-state index in [1.54, 1.807) is 4.90 Å². The minimum absolute atomic E-state index is 0. The fraction of sp³-hybridized carbons (Fsp3) is 0.481. The molecule has 0 aromatic heterocycles. The molecule has 7 heteroatoms. The lowest BCUT2D eigenvalue weighted by molar-refractivity contribution is -0.162. The first-order chi connectivity index (χ1) is 16.2. The number of benzene rings is 2. The zero-order valence-electron chi connectivity index (χ0n) is 19.6. The number of nitrogens with one attached hydrogen (secondary N) is 1. The lowest BCUT2D eigenvalue weighted by Crippen LogP contribution is -2.62. The van der Waals surface area contributed by atoms with Gasteiger partial charge in [0.2, 0.25) is 0 Å². The molecule has 1 heterocycles. The molecule has 0 bridgehead atoms. The van der Waals surface area contributed by atoms with Gasteiger partial charge >= 0.3 is 12.1 Å². The molecule has 34 heavy (non-hydrogen) atoms. The Balaban J connectivity index is 0.00000274. The van der Waals surface area contributed by atoms with E-state index >= 15 is 0 Å². The summed E-state index contributed by atoms with van der Waals surface area (Å²) >= 11 is 0. The minimum Gasteiger partial charge on any atom is -0.464 e. The Morgan fingerprint density at radius 2 is 1.53 bits per heavy atom. The number of hydrogen-bond acceptors (Lipinski definition) is 5. The number of ether oxygens (including phenoxy) is 2. The average molecular weight is 485 g/mol. The standard InChI is InChI=1S/C27H32N2O4.ClH/c1-32-26(31)29(24-22-12-6-4-10-20(22)21-11-5-7-13-23(21)24)27(14-16-28-17-15-27)25(30)33-18-19-8-2-3-9-19;/h4-7,10-13,19,24,28H,2-3,8-9,14-18H2,1H3;1H. The molecule has 2 aromatic rings. The number of amides is 1. The van der Waals surface area contributed by atoms with Gasteiger partial charge in [0.1, 0.15) is 5.54 Å². The molecular formula is C27H33ClN2O4. The second kappa shape index (κ2) is 10.4. The Bertz CT molecular complexity index is 985. The van der Waals surface area contributed by atoms with E-state index in [1.807, 2.05) is 24.3 Å². The van der Waals surface area contributed by atoms with Gasteiger partial charge in [-0.2, -0.15) is 0 Å². The van der Waals surface area contributed by atoms with Crippen LogP contribution in [0.15, 0.2) is 48.5 Å². The van der Waals surface area contributed by atoms with E-state index < -0.39 is 17.7 Å². The van der Waals surface area contributed by atoms with Gasteiger partial charge in [-0.1, -0.05) is 61.4 Å². The van der Waals surface area contributed by atoms with Crippen LogP contribution >= 0.6 is 12.4 Å². The second-order valence-corrected chi connectivity index (χ2v) is 9.45. The molecule has 0 radical (unpaired) electrons. The van der Waals surface area contributed by atoms with Crippen molar-refractivity contribution in [1.82, 2.24) is 10.2 Å². The van der Waals surface area contributed by atoms with Crippen molar-refractivity contribution in [2.24, 2.45) is 5.92 Å². The summed E-state index contributed by atoms with van der Waals surface area (Å²) in [6.07, 6.45) is 5.09. The quantitative estimate of drug-likeness (QED) is 0.598. The molecule has 1 N–H and O–H groups in total. The summed E-state index contributed by atoms with van der Waals surface area (Å²) < 4.78 is 11.3. The second-order valence-electron chi connectivity index (χ2n) is 9.45. The number of piperidine rings is 1. The molecule has 2 fully saturated rings. The minimum atomic E-state index is -1.08. The predicted molar refractivity (Wildman–Crippen MR) is 133 cm³/mol. The fourth-order valence-electron chi connectivity index (χ4n) is 5.92. The summed E-state index contributed by atoms with van der Waals surface area (Å²) in [4.78, 5) is 29.0. The number of carbonyl (C=O) groups excluding carboxylic acids is 2. The highest BCUT2D eigenvalue weighted by Crippen LogP contribution is 2.50. The Morgan fingerprint density at radius 3 is 2.09 bits per heavy atom. The van der Waals surface area contributed by atoms with Gasteiger partial charge in [-0.25, -0.2) is 9.59 Å². The zero-order chi connectivity index (χ0) is 22.8. The molecule has 182 valence electrons. The highest BCUT2D eigenvalue weighted by Gasteiger charge is 2.54. The lowest BCUT2D eigenvalue weighted by atomic mass is 9.83. The maximum Gasteiger partial charge on any atom is 0.411 e. The molecule has 1 amide bonds. The smallest absolute Gasteiger partial charge is 0.411 e. The first-order valence-corrected chi connectivity index (χ1v) is 12.1. The molecule has 5 rings (SSSR count). The van der Waals surface area contributed by atoms with Crippen molar-refractivity contribution < 1.29 is 19.1 Å². The van der Waals surface area contributed by atoms with Gasteiger partial charge in [-0.05, 0) is 66.9 Å². The van der Waals surface area contributed by atoms with Gasteiger partial charge in [0.25, 0.3) is 0 Å². The van der Waals surface area contributed by atoms with Gasteiger partial charge in [0.15, 0.2) is 0 Å². The van der Waals surface area contributed by atoms with E-state index in [0.29, 0.717) is 38.5 Å². The lowest BCUT2D eigenvalue weighted by Gasteiger charge is -2.46. The van der Waals surface area contributed by atoms with E-state index in [1.165, 1.54) is 20.0 Å². The van der Waals surface area contributed by atoms with Crippen molar-refractivity contribution >= 4 is 24.5 Å². The van der Waals surface area contributed by atoms with Crippen molar-refractivity contribution in [3.05, 3.63) is 59.7 Å². The topological polar surface area (TPSA) is 67.9 Å². The van der Waals surface area contributed by atoms with Gasteiger partial charge in [-0.3, -0.25) is 4.90 Å². The molecule has 1 saturated heterocycles. The van der Waals surface area contributed by atoms with Crippen LogP contribution in [-0.4, -0.2) is 49.3 Å². The van der Waals surface area contributed by atoms with E-state index in [0.717, 1.165) is 35.1 Å². The highest BCUT2D eigenvalue weighted by atomic mass is 35.5. The van der Waals surface area contributed by atoms with E-state index in [9.17, 15) is 9.59 Å². The molecular weight excluding hydrogens is 452 g/mol. The van der Waals surface area contributed by atoms with Gasteiger partial charge in [0, 0.05) is 0 Å². The van der Waals surface area contributed by atoms with E-state index in [-0.39, 0.29) is 18.4 Å². The molecule has 6 nitrogen and oxygen atoms in total.